The zero-order valence-electron chi connectivity index (χ0n) is 15.2. The SMILES string of the molecule is CCOC(=O)C(Br)CCCCCCCCN1C(=O)c2ccccc2C1=O. The number of rotatable bonds is 11. The molecule has 1 unspecified atom stereocenters. The van der Waals surface area contributed by atoms with E-state index in [-0.39, 0.29) is 22.6 Å². The summed E-state index contributed by atoms with van der Waals surface area (Å²) in [6.07, 6.45) is 6.80. The molecule has 0 aromatic heterocycles. The van der Waals surface area contributed by atoms with Crippen molar-refractivity contribution >= 4 is 33.7 Å². The molecule has 1 aliphatic rings. The van der Waals surface area contributed by atoms with Crippen molar-refractivity contribution in [1.29, 1.82) is 0 Å². The summed E-state index contributed by atoms with van der Waals surface area (Å²) in [5.41, 5.74) is 1.03. The molecule has 0 N–H and O–H groups in total. The Morgan fingerprint density at radius 2 is 1.54 bits per heavy atom. The number of hydrogen-bond acceptors (Lipinski definition) is 4. The van der Waals surface area contributed by atoms with Crippen molar-refractivity contribution in [3.63, 3.8) is 0 Å². The maximum absolute atomic E-state index is 12.2. The highest BCUT2D eigenvalue weighted by molar-refractivity contribution is 9.10. The highest BCUT2D eigenvalue weighted by Gasteiger charge is 2.34. The average molecular weight is 424 g/mol. The minimum atomic E-state index is -0.212. The van der Waals surface area contributed by atoms with Crippen LogP contribution in [0.3, 0.4) is 0 Å². The van der Waals surface area contributed by atoms with Crippen LogP contribution in [0.25, 0.3) is 0 Å². The van der Waals surface area contributed by atoms with Crippen LogP contribution in [-0.2, 0) is 9.53 Å². The van der Waals surface area contributed by atoms with Crippen LogP contribution < -0.4 is 0 Å². The highest BCUT2D eigenvalue weighted by Crippen LogP contribution is 2.23. The van der Waals surface area contributed by atoms with Gasteiger partial charge >= 0.3 is 5.97 Å². The third-order valence-electron chi connectivity index (χ3n) is 4.51. The highest BCUT2D eigenvalue weighted by atomic mass is 79.9. The molecule has 142 valence electrons. The predicted molar refractivity (Wildman–Crippen MR) is 103 cm³/mol. The number of hydrogen-bond donors (Lipinski definition) is 0. The standard InChI is InChI=1S/C20H26BrNO4/c1-2-26-20(25)17(21)13-7-5-3-4-6-10-14-22-18(23)15-11-8-9-12-16(15)19(22)24/h8-9,11-12,17H,2-7,10,13-14H2,1H3. The van der Waals surface area contributed by atoms with E-state index in [0.717, 1.165) is 44.9 Å². The first-order valence-electron chi connectivity index (χ1n) is 9.32. The Morgan fingerprint density at radius 1 is 1.00 bits per heavy atom. The lowest BCUT2D eigenvalue weighted by Gasteiger charge is -2.13. The van der Waals surface area contributed by atoms with Gasteiger partial charge in [0, 0.05) is 6.54 Å². The molecule has 1 atom stereocenters. The van der Waals surface area contributed by atoms with Gasteiger partial charge in [0.25, 0.3) is 11.8 Å². The van der Waals surface area contributed by atoms with Crippen LogP contribution in [0.4, 0.5) is 0 Å². The van der Waals surface area contributed by atoms with Gasteiger partial charge in [-0.15, -0.1) is 0 Å². The number of benzene rings is 1. The van der Waals surface area contributed by atoms with E-state index in [4.69, 9.17) is 4.74 Å². The van der Waals surface area contributed by atoms with Crippen molar-refractivity contribution in [3.8, 4) is 0 Å². The maximum atomic E-state index is 12.2. The van der Waals surface area contributed by atoms with Gasteiger partial charge in [-0.25, -0.2) is 0 Å². The number of fused-ring (bicyclic) bond motifs is 1. The van der Waals surface area contributed by atoms with Crippen molar-refractivity contribution in [3.05, 3.63) is 35.4 Å². The first-order chi connectivity index (χ1) is 12.6. The van der Waals surface area contributed by atoms with E-state index >= 15 is 0 Å². The van der Waals surface area contributed by atoms with Crippen LogP contribution in [0.5, 0.6) is 0 Å². The molecule has 0 bridgehead atoms. The number of nitrogens with zero attached hydrogens (tertiary/aromatic N) is 1. The third-order valence-corrected chi connectivity index (χ3v) is 5.34. The molecule has 1 heterocycles. The normalized spacial score (nSPS) is 14.5. The smallest absolute Gasteiger partial charge is 0.319 e. The summed E-state index contributed by atoms with van der Waals surface area (Å²) < 4.78 is 4.96. The number of amides is 2. The summed E-state index contributed by atoms with van der Waals surface area (Å²) in [5, 5.41) is 0. The quantitative estimate of drug-likeness (QED) is 0.230. The first kappa shape index (κ1) is 20.6. The second-order valence-corrected chi connectivity index (χ2v) is 7.54. The Morgan fingerprint density at radius 3 is 2.12 bits per heavy atom. The molecule has 1 aromatic rings. The third kappa shape index (κ3) is 5.40. The molecule has 0 saturated carbocycles. The number of ether oxygens (including phenoxy) is 1. The van der Waals surface area contributed by atoms with E-state index in [2.05, 4.69) is 15.9 Å². The topological polar surface area (TPSA) is 63.7 Å². The van der Waals surface area contributed by atoms with Crippen molar-refractivity contribution in [2.24, 2.45) is 0 Å². The number of carbonyl (C=O) groups excluding carboxylic acids is 3. The lowest BCUT2D eigenvalue weighted by Crippen LogP contribution is -2.30. The van der Waals surface area contributed by atoms with Crippen molar-refractivity contribution in [2.45, 2.75) is 56.7 Å². The van der Waals surface area contributed by atoms with E-state index in [1.807, 2.05) is 0 Å². The average Bonchev–Trinajstić information content (AvgIpc) is 2.88. The summed E-state index contributed by atoms with van der Waals surface area (Å²) >= 11 is 3.36. The molecular formula is C20H26BrNO4. The van der Waals surface area contributed by atoms with Gasteiger partial charge < -0.3 is 4.74 Å². The maximum Gasteiger partial charge on any atom is 0.319 e. The fourth-order valence-corrected chi connectivity index (χ4v) is 3.55. The van der Waals surface area contributed by atoms with Crippen LogP contribution in [0, 0.1) is 0 Å². The minimum absolute atomic E-state index is 0.173. The summed E-state index contributed by atoms with van der Waals surface area (Å²) in [5.74, 6) is -0.533. The van der Waals surface area contributed by atoms with Gasteiger partial charge in [-0.2, -0.15) is 0 Å². The Hall–Kier alpha value is -1.69. The number of esters is 1. The molecule has 1 aliphatic heterocycles. The summed E-state index contributed by atoms with van der Waals surface area (Å²) in [7, 11) is 0. The number of unbranched alkanes of at least 4 members (excludes halogenated alkanes) is 5. The predicted octanol–water partition coefficient (Wildman–Crippen LogP) is 4.34. The fraction of sp³-hybridized carbons (Fsp3) is 0.550. The molecule has 0 saturated heterocycles. The summed E-state index contributed by atoms with van der Waals surface area (Å²) in [4.78, 5) is 37.1. The molecule has 5 nitrogen and oxygen atoms in total. The van der Waals surface area contributed by atoms with Crippen molar-refractivity contribution in [1.82, 2.24) is 4.90 Å². The first-order valence-corrected chi connectivity index (χ1v) is 10.2. The Balaban J connectivity index is 1.56. The number of halogens is 1. The lowest BCUT2D eigenvalue weighted by molar-refractivity contribution is -0.142. The zero-order chi connectivity index (χ0) is 18.9. The molecule has 26 heavy (non-hydrogen) atoms. The molecule has 0 aliphatic carbocycles. The van der Waals surface area contributed by atoms with Gasteiger partial charge in [-0.1, -0.05) is 60.2 Å². The van der Waals surface area contributed by atoms with Gasteiger partial charge in [-0.05, 0) is 31.9 Å². The second-order valence-electron chi connectivity index (χ2n) is 6.44. The number of alkyl halides is 1. The minimum Gasteiger partial charge on any atom is -0.465 e. The monoisotopic (exact) mass is 423 g/mol. The van der Waals surface area contributed by atoms with Gasteiger partial charge in [0.2, 0.25) is 0 Å². The van der Waals surface area contributed by atoms with Gasteiger partial charge in [0.1, 0.15) is 4.83 Å². The van der Waals surface area contributed by atoms with Crippen molar-refractivity contribution in [2.75, 3.05) is 13.2 Å². The van der Waals surface area contributed by atoms with Crippen LogP contribution in [0.2, 0.25) is 0 Å². The molecule has 2 rings (SSSR count). The van der Waals surface area contributed by atoms with E-state index in [1.165, 1.54) is 4.90 Å². The zero-order valence-corrected chi connectivity index (χ0v) is 16.8. The van der Waals surface area contributed by atoms with Crippen molar-refractivity contribution < 1.29 is 19.1 Å². The largest absolute Gasteiger partial charge is 0.465 e. The molecule has 0 radical (unpaired) electrons. The van der Waals surface area contributed by atoms with Crippen LogP contribution in [0.15, 0.2) is 24.3 Å². The molecule has 0 fully saturated rings. The van der Waals surface area contributed by atoms with Gasteiger partial charge in [0.05, 0.1) is 17.7 Å². The van der Waals surface area contributed by atoms with Crippen LogP contribution in [-0.4, -0.2) is 40.7 Å². The summed E-state index contributed by atoms with van der Waals surface area (Å²) in [6.45, 7) is 2.70. The van der Waals surface area contributed by atoms with Gasteiger partial charge in [-0.3, -0.25) is 19.3 Å². The fourth-order valence-electron chi connectivity index (χ4n) is 3.09. The van der Waals surface area contributed by atoms with E-state index < -0.39 is 0 Å². The number of imide groups is 1. The van der Waals surface area contributed by atoms with Gasteiger partial charge in [0.15, 0.2) is 0 Å². The molecule has 6 heteroatoms. The Labute approximate surface area is 163 Å². The second kappa shape index (κ2) is 10.5. The summed E-state index contributed by atoms with van der Waals surface area (Å²) in [6, 6.07) is 6.99. The Bertz CT molecular complexity index is 611. The Kier molecular flexibility index (Phi) is 8.29. The molecule has 1 aromatic carbocycles. The molecule has 0 spiro atoms. The van der Waals surface area contributed by atoms with E-state index in [0.29, 0.717) is 24.3 Å². The van der Waals surface area contributed by atoms with Crippen LogP contribution in [0.1, 0.15) is 72.6 Å². The number of carbonyl (C=O) groups is 3. The van der Waals surface area contributed by atoms with Crippen LogP contribution >= 0.6 is 15.9 Å². The van der Waals surface area contributed by atoms with E-state index in [1.54, 1.807) is 31.2 Å². The van der Waals surface area contributed by atoms with E-state index in [9.17, 15) is 14.4 Å². The molecule has 2 amide bonds. The lowest BCUT2D eigenvalue weighted by atomic mass is 10.1. The molecular weight excluding hydrogens is 398 g/mol.